The summed E-state index contributed by atoms with van der Waals surface area (Å²) >= 11 is 0. The van der Waals surface area contributed by atoms with Crippen LogP contribution in [0.3, 0.4) is 0 Å². The molecule has 0 atom stereocenters. The van der Waals surface area contributed by atoms with E-state index in [1.54, 1.807) is 0 Å². The summed E-state index contributed by atoms with van der Waals surface area (Å²) < 4.78 is 0. The van der Waals surface area contributed by atoms with Crippen molar-refractivity contribution >= 4 is 73.5 Å². The molecule has 0 aliphatic rings. The summed E-state index contributed by atoms with van der Waals surface area (Å²) in [6, 6.07) is 0. The van der Waals surface area contributed by atoms with Crippen LogP contribution in [0.5, 0.6) is 0 Å². The quantitative estimate of drug-likeness (QED) is 0.425. The summed E-state index contributed by atoms with van der Waals surface area (Å²) in [4.78, 5) is 0. The van der Waals surface area contributed by atoms with Crippen molar-refractivity contribution in [2.75, 3.05) is 0 Å². The summed E-state index contributed by atoms with van der Waals surface area (Å²) in [7, 11) is 0. The second-order valence-electron chi connectivity index (χ2n) is 0. The standard InChI is InChI=1S/As.Ga.In.P/q-3;2*+3;-3. The predicted molar refractivity (Wildman–Crippen MR) is 24.2 cm³/mol. The van der Waals surface area contributed by atoms with Crippen molar-refractivity contribution in [1.29, 1.82) is 0 Å². The van der Waals surface area contributed by atoms with E-state index in [-0.39, 0.29) is 73.5 Å². The molecule has 0 aliphatic heterocycles. The maximum absolute atomic E-state index is 0. The molecule has 0 rings (SSSR count). The van der Waals surface area contributed by atoms with Gasteiger partial charge in [-0.3, -0.25) is 0 Å². The first-order valence-electron chi connectivity index (χ1n) is 0. The van der Waals surface area contributed by atoms with Crippen LogP contribution in [0.1, 0.15) is 0 Å². The molecule has 16 valence electrons. The molecule has 0 saturated heterocycles. The Bertz CT molecular complexity index is 8.00. The van der Waals surface area contributed by atoms with Gasteiger partial charge in [-0.2, -0.15) is 0 Å². The molecule has 0 N–H and O–H groups in total. The minimum absolute atomic E-state index is 0. The monoisotopic (exact) mass is 290 g/mol. The molecule has 0 unspecified atom stereocenters. The van der Waals surface area contributed by atoms with E-state index in [9.17, 15) is 0 Å². The fraction of sp³-hybridized carbons (Fsp3) is 0. The van der Waals surface area contributed by atoms with E-state index in [1.807, 2.05) is 0 Å². The zero-order valence-corrected chi connectivity index (χ0v) is 10.5. The summed E-state index contributed by atoms with van der Waals surface area (Å²) in [5, 5.41) is 0. The van der Waals surface area contributed by atoms with Gasteiger partial charge in [0.1, 0.15) is 0 Å². The largest absolute Gasteiger partial charge is 3.00 e. The number of hydrogen-bond acceptors (Lipinski definition) is 0. The third-order valence-corrected chi connectivity index (χ3v) is 0. The van der Waals surface area contributed by atoms with E-state index in [4.69, 9.17) is 0 Å². The van der Waals surface area contributed by atoms with Crippen LogP contribution in [0.15, 0.2) is 0 Å². The van der Waals surface area contributed by atoms with Crippen LogP contribution in [0, 0.1) is 0 Å². The molecule has 4 heavy (non-hydrogen) atoms. The van der Waals surface area contributed by atoms with E-state index < -0.39 is 0 Å². The maximum atomic E-state index is 0. The van der Waals surface area contributed by atoms with Gasteiger partial charge in [-0.15, -0.1) is 0 Å². The molecule has 0 aromatic rings. The maximum Gasteiger partial charge on any atom is 3.00 e. The van der Waals surface area contributed by atoms with Crippen molar-refractivity contribution in [3.63, 3.8) is 0 Å². The molecule has 0 heterocycles. The Kier molecular flexibility index (Phi) is 140. The van der Waals surface area contributed by atoms with Gasteiger partial charge in [0, 0.05) is 0 Å². The van der Waals surface area contributed by atoms with Gasteiger partial charge in [0.2, 0.25) is 0 Å². The Morgan fingerprint density at radius 1 is 1.00 bits per heavy atom. The van der Waals surface area contributed by atoms with E-state index in [0.29, 0.717) is 0 Å². The zero-order chi connectivity index (χ0) is 0. The fourth-order valence-corrected chi connectivity index (χ4v) is 0. The van der Waals surface area contributed by atoms with Gasteiger partial charge < -0.3 is 27.9 Å². The molecule has 4 heteroatoms. The first-order chi connectivity index (χ1) is 0. The van der Waals surface area contributed by atoms with Gasteiger partial charge in [-0.1, -0.05) is 0 Å². The van der Waals surface area contributed by atoms with Crippen molar-refractivity contribution in [3.05, 3.63) is 0 Å². The van der Waals surface area contributed by atoms with Crippen LogP contribution in [-0.2, 0) is 0 Å². The van der Waals surface area contributed by atoms with Crippen LogP contribution in [0.4, 0.5) is 0 Å². The third kappa shape index (κ3) is 8.82. The van der Waals surface area contributed by atoms with Crippen molar-refractivity contribution in [3.8, 4) is 0 Å². The molecule has 0 aromatic heterocycles. The van der Waals surface area contributed by atoms with Crippen molar-refractivity contribution in [2.45, 2.75) is 0 Å². The van der Waals surface area contributed by atoms with Crippen molar-refractivity contribution in [2.24, 2.45) is 0 Å². The topological polar surface area (TPSA) is 0 Å². The smallest absolute Gasteiger partial charge is 3.00 e. The molecule has 0 radical (unpaired) electrons. The van der Waals surface area contributed by atoms with Gasteiger partial charge in [0.25, 0.3) is 0 Å². The zero-order valence-electron chi connectivity index (χ0n) is 2.05. The number of hydrogen-bond donors (Lipinski definition) is 0. The van der Waals surface area contributed by atoms with Gasteiger partial charge in [0.05, 0.1) is 0 Å². The Labute approximate surface area is 72.6 Å². The first-order valence-corrected chi connectivity index (χ1v) is 0. The van der Waals surface area contributed by atoms with E-state index >= 15 is 0 Å². The summed E-state index contributed by atoms with van der Waals surface area (Å²) in [5.74, 6) is 0. The molecule has 0 aliphatic carbocycles. The van der Waals surface area contributed by atoms with Crippen LogP contribution in [0.25, 0.3) is 0 Å². The number of rotatable bonds is 0. The van der Waals surface area contributed by atoms with Crippen LogP contribution in [-0.4, -0.2) is 63.6 Å². The van der Waals surface area contributed by atoms with Crippen molar-refractivity contribution < 1.29 is 0 Å². The second-order valence-corrected chi connectivity index (χ2v) is 0. The van der Waals surface area contributed by atoms with Gasteiger partial charge in [-0.25, -0.2) is 0 Å². The summed E-state index contributed by atoms with van der Waals surface area (Å²) in [5.41, 5.74) is 0. The Morgan fingerprint density at radius 2 is 1.00 bits per heavy atom. The second kappa shape index (κ2) is 17.8. The molecule has 0 bridgehead atoms. The molecule has 0 fully saturated rings. The average Bonchev–Trinajstić information content (AvgIpc) is 0. The molecular formula is AsGaInP. The predicted octanol–water partition coefficient (Wildman–Crippen LogP) is -0.281. The molecule has 0 nitrogen and oxygen atoms in total. The van der Waals surface area contributed by atoms with Crippen LogP contribution >= 0.6 is 9.90 Å². The minimum Gasteiger partial charge on any atom is -3.00 e. The van der Waals surface area contributed by atoms with E-state index in [2.05, 4.69) is 0 Å². The Balaban J connectivity index is 0. The van der Waals surface area contributed by atoms with E-state index in [1.165, 1.54) is 0 Å². The first kappa shape index (κ1) is 31.5. The average molecular weight is 290 g/mol. The van der Waals surface area contributed by atoms with Crippen LogP contribution in [0.2, 0.25) is 0 Å². The van der Waals surface area contributed by atoms with Gasteiger partial charge in [0.15, 0.2) is 0 Å². The minimum atomic E-state index is 0. The normalized spacial score (nSPS) is 0. The molecule has 0 spiro atoms. The Hall–Kier alpha value is 2.49. The Morgan fingerprint density at radius 3 is 1.00 bits per heavy atom. The van der Waals surface area contributed by atoms with Gasteiger partial charge in [-0.05, 0) is 0 Å². The summed E-state index contributed by atoms with van der Waals surface area (Å²) in [6.45, 7) is 0. The molecule has 0 amide bonds. The van der Waals surface area contributed by atoms with E-state index in [0.717, 1.165) is 0 Å². The third-order valence-electron chi connectivity index (χ3n) is 0. The molecular weight excluding hydrogens is 290 g/mol. The molecule has 0 aromatic carbocycles. The SMILES string of the molecule is [As-3].[Ga+3].[In+3].[P-3]. The summed E-state index contributed by atoms with van der Waals surface area (Å²) in [6.07, 6.45) is 0. The van der Waals surface area contributed by atoms with Crippen LogP contribution < -0.4 is 0 Å². The van der Waals surface area contributed by atoms with Crippen molar-refractivity contribution in [1.82, 2.24) is 0 Å². The molecule has 0 saturated carbocycles. The van der Waals surface area contributed by atoms with Gasteiger partial charge >= 0.3 is 45.6 Å². The fourth-order valence-electron chi connectivity index (χ4n) is 0.